The molecule has 0 amide bonds. The fourth-order valence-corrected chi connectivity index (χ4v) is 2.67. The molecule has 21 heavy (non-hydrogen) atoms. The van der Waals surface area contributed by atoms with Crippen LogP contribution in [-0.2, 0) is 9.47 Å². The van der Waals surface area contributed by atoms with Gasteiger partial charge in [-0.2, -0.15) is 0 Å². The highest BCUT2D eigenvalue weighted by Crippen LogP contribution is 2.32. The zero-order valence-electron chi connectivity index (χ0n) is 12.3. The molecule has 1 aliphatic heterocycles. The van der Waals surface area contributed by atoms with Crippen molar-refractivity contribution in [3.05, 3.63) is 40.3 Å². The second kappa shape index (κ2) is 7.17. The molecule has 2 unspecified atom stereocenters. The van der Waals surface area contributed by atoms with Crippen LogP contribution in [-0.4, -0.2) is 37.3 Å². The van der Waals surface area contributed by atoms with Crippen LogP contribution in [0.15, 0.2) is 29.6 Å². The molecule has 0 saturated carbocycles. The number of benzene rings is 1. The van der Waals surface area contributed by atoms with E-state index in [9.17, 15) is 9.70 Å². The minimum absolute atomic E-state index is 0.112. The second-order valence-electron chi connectivity index (χ2n) is 4.98. The third kappa shape index (κ3) is 3.58. The van der Waals surface area contributed by atoms with E-state index in [1.54, 1.807) is 17.1 Å². The van der Waals surface area contributed by atoms with Crippen LogP contribution in [0.25, 0.3) is 0 Å². The molecule has 1 aliphatic rings. The molecule has 1 fully saturated rings. The standard InChI is InChI=1S/C15H20N2O4/c1-3-21-13-8-9-17(16-19)14(10-13)11-4-6-12(7-5-11)15(18)20-2/h4-7,13-14H,3,8-10H2,1-2H3. The van der Waals surface area contributed by atoms with Gasteiger partial charge in [-0.3, -0.25) is 5.01 Å². The van der Waals surface area contributed by atoms with Gasteiger partial charge in [0.25, 0.3) is 0 Å². The number of methoxy groups -OCH3 is 1. The van der Waals surface area contributed by atoms with E-state index in [1.807, 2.05) is 19.1 Å². The molecular formula is C15H20N2O4. The van der Waals surface area contributed by atoms with Crippen LogP contribution in [0, 0.1) is 4.91 Å². The van der Waals surface area contributed by atoms with Gasteiger partial charge in [-0.15, -0.1) is 4.91 Å². The summed E-state index contributed by atoms with van der Waals surface area (Å²) in [6.45, 7) is 3.20. The average Bonchev–Trinajstić information content (AvgIpc) is 2.54. The summed E-state index contributed by atoms with van der Waals surface area (Å²) in [6, 6.07) is 6.97. The van der Waals surface area contributed by atoms with Crippen molar-refractivity contribution in [2.45, 2.75) is 31.9 Å². The average molecular weight is 292 g/mol. The van der Waals surface area contributed by atoms with Gasteiger partial charge in [0.1, 0.15) is 0 Å². The van der Waals surface area contributed by atoms with Gasteiger partial charge in [-0.25, -0.2) is 4.79 Å². The number of carbonyl (C=O) groups is 1. The van der Waals surface area contributed by atoms with Gasteiger partial charge >= 0.3 is 5.97 Å². The molecule has 1 heterocycles. The Morgan fingerprint density at radius 1 is 1.38 bits per heavy atom. The number of esters is 1. The molecule has 0 bridgehead atoms. The highest BCUT2D eigenvalue weighted by molar-refractivity contribution is 5.89. The quantitative estimate of drug-likeness (QED) is 0.616. The molecule has 2 rings (SSSR count). The van der Waals surface area contributed by atoms with Gasteiger partial charge in [0.15, 0.2) is 0 Å². The number of nitrogens with zero attached hydrogens (tertiary/aromatic N) is 2. The van der Waals surface area contributed by atoms with Gasteiger partial charge < -0.3 is 9.47 Å². The third-order valence-electron chi connectivity index (χ3n) is 3.75. The molecule has 0 aliphatic carbocycles. The van der Waals surface area contributed by atoms with Crippen LogP contribution in [0.3, 0.4) is 0 Å². The van der Waals surface area contributed by atoms with Crippen molar-refractivity contribution < 1.29 is 14.3 Å². The lowest BCUT2D eigenvalue weighted by Gasteiger charge is -2.35. The summed E-state index contributed by atoms with van der Waals surface area (Å²) in [5.74, 6) is -0.372. The number of hydrogen-bond acceptors (Lipinski definition) is 5. The maximum absolute atomic E-state index is 11.4. The topological polar surface area (TPSA) is 68.2 Å². The summed E-state index contributed by atoms with van der Waals surface area (Å²) in [6.07, 6.45) is 1.66. The zero-order valence-corrected chi connectivity index (χ0v) is 12.3. The van der Waals surface area contributed by atoms with Gasteiger partial charge in [-0.05, 0) is 37.5 Å². The Morgan fingerprint density at radius 2 is 2.10 bits per heavy atom. The number of piperidine rings is 1. The minimum Gasteiger partial charge on any atom is -0.465 e. The van der Waals surface area contributed by atoms with E-state index >= 15 is 0 Å². The molecule has 1 saturated heterocycles. The predicted octanol–water partition coefficient (Wildman–Crippen LogP) is 2.70. The lowest BCUT2D eigenvalue weighted by atomic mass is 9.94. The minimum atomic E-state index is -0.372. The summed E-state index contributed by atoms with van der Waals surface area (Å²) in [5, 5.41) is 4.65. The van der Waals surface area contributed by atoms with E-state index in [4.69, 9.17) is 4.74 Å². The first-order chi connectivity index (χ1) is 10.2. The van der Waals surface area contributed by atoms with Crippen molar-refractivity contribution in [1.82, 2.24) is 5.01 Å². The Labute approximate surface area is 124 Å². The normalized spacial score (nSPS) is 21.9. The number of ether oxygens (including phenoxy) is 2. The van der Waals surface area contributed by atoms with Gasteiger partial charge in [0, 0.05) is 13.2 Å². The summed E-state index contributed by atoms with van der Waals surface area (Å²) in [7, 11) is 1.35. The summed E-state index contributed by atoms with van der Waals surface area (Å²) in [4.78, 5) is 22.4. The van der Waals surface area contributed by atoms with Crippen LogP contribution < -0.4 is 0 Å². The van der Waals surface area contributed by atoms with Crippen LogP contribution in [0.1, 0.15) is 41.7 Å². The molecule has 2 atom stereocenters. The molecule has 0 spiro atoms. The van der Waals surface area contributed by atoms with Crippen LogP contribution >= 0.6 is 0 Å². The van der Waals surface area contributed by atoms with E-state index in [0.29, 0.717) is 18.7 Å². The molecule has 6 nitrogen and oxygen atoms in total. The van der Waals surface area contributed by atoms with Crippen molar-refractivity contribution >= 4 is 5.97 Å². The SMILES string of the molecule is CCOC1CCN(N=O)C(c2ccc(C(=O)OC)cc2)C1. The fraction of sp³-hybridized carbons (Fsp3) is 0.533. The Kier molecular flexibility index (Phi) is 5.27. The highest BCUT2D eigenvalue weighted by Gasteiger charge is 2.30. The van der Waals surface area contributed by atoms with Crippen LogP contribution in [0.2, 0.25) is 0 Å². The molecule has 0 radical (unpaired) electrons. The Morgan fingerprint density at radius 3 is 2.67 bits per heavy atom. The van der Waals surface area contributed by atoms with Crippen molar-refractivity contribution in [3.63, 3.8) is 0 Å². The zero-order chi connectivity index (χ0) is 15.2. The Bertz CT molecular complexity index is 489. The first kappa shape index (κ1) is 15.4. The lowest BCUT2D eigenvalue weighted by molar-refractivity contribution is -0.0111. The number of nitroso groups, excluding NO2 is 1. The second-order valence-corrected chi connectivity index (χ2v) is 4.98. The fourth-order valence-electron chi connectivity index (χ4n) is 2.67. The van der Waals surface area contributed by atoms with Crippen LogP contribution in [0.5, 0.6) is 0 Å². The maximum Gasteiger partial charge on any atom is 0.337 e. The molecule has 1 aromatic carbocycles. The first-order valence-electron chi connectivity index (χ1n) is 7.09. The predicted molar refractivity (Wildman–Crippen MR) is 77.7 cm³/mol. The van der Waals surface area contributed by atoms with E-state index in [1.165, 1.54) is 7.11 Å². The van der Waals surface area contributed by atoms with Crippen molar-refractivity contribution in [3.8, 4) is 0 Å². The lowest BCUT2D eigenvalue weighted by Crippen LogP contribution is -2.36. The Hall–Kier alpha value is -1.95. The first-order valence-corrected chi connectivity index (χ1v) is 7.09. The third-order valence-corrected chi connectivity index (χ3v) is 3.75. The van der Waals surface area contributed by atoms with E-state index < -0.39 is 0 Å². The smallest absolute Gasteiger partial charge is 0.337 e. The monoisotopic (exact) mass is 292 g/mol. The highest BCUT2D eigenvalue weighted by atomic mass is 16.5. The van der Waals surface area contributed by atoms with Gasteiger partial charge in [-0.1, -0.05) is 12.1 Å². The molecule has 6 heteroatoms. The molecule has 0 aromatic heterocycles. The van der Waals surface area contributed by atoms with Crippen molar-refractivity contribution in [2.75, 3.05) is 20.3 Å². The van der Waals surface area contributed by atoms with Crippen molar-refractivity contribution in [2.24, 2.45) is 5.29 Å². The van der Waals surface area contributed by atoms with Crippen LogP contribution in [0.4, 0.5) is 0 Å². The number of carbonyl (C=O) groups excluding carboxylic acids is 1. The number of rotatable bonds is 5. The van der Waals surface area contributed by atoms with E-state index in [0.717, 1.165) is 18.4 Å². The van der Waals surface area contributed by atoms with Crippen molar-refractivity contribution in [1.29, 1.82) is 0 Å². The molecule has 0 N–H and O–H groups in total. The Balaban J connectivity index is 2.16. The largest absolute Gasteiger partial charge is 0.465 e. The molecular weight excluding hydrogens is 272 g/mol. The van der Waals surface area contributed by atoms with Gasteiger partial charge in [0.05, 0.1) is 30.1 Å². The summed E-state index contributed by atoms with van der Waals surface area (Å²) in [5.41, 5.74) is 1.44. The van der Waals surface area contributed by atoms with E-state index in [-0.39, 0.29) is 18.1 Å². The molecule has 1 aromatic rings. The van der Waals surface area contributed by atoms with Gasteiger partial charge in [0.2, 0.25) is 0 Å². The summed E-state index contributed by atoms with van der Waals surface area (Å²) >= 11 is 0. The van der Waals surface area contributed by atoms with E-state index in [2.05, 4.69) is 10.0 Å². The molecule has 114 valence electrons. The number of hydrogen-bond donors (Lipinski definition) is 0. The maximum atomic E-state index is 11.4. The summed E-state index contributed by atoms with van der Waals surface area (Å²) < 4.78 is 10.3.